The lowest BCUT2D eigenvalue weighted by molar-refractivity contribution is 0.464. The van der Waals surface area contributed by atoms with Gasteiger partial charge in [0, 0.05) is 16.4 Å². The Morgan fingerprint density at radius 3 is 2.71 bits per heavy atom. The van der Waals surface area contributed by atoms with Crippen LogP contribution in [0.25, 0.3) is 10.8 Å². The Bertz CT molecular complexity index is 721. The highest BCUT2D eigenvalue weighted by molar-refractivity contribution is 7.10. The van der Waals surface area contributed by atoms with E-state index in [-0.39, 0.29) is 5.92 Å². The lowest BCUT2D eigenvalue weighted by Crippen LogP contribution is -2.13. The summed E-state index contributed by atoms with van der Waals surface area (Å²) in [7, 11) is 1.97. The van der Waals surface area contributed by atoms with Gasteiger partial charge in [0.2, 0.25) is 0 Å². The van der Waals surface area contributed by atoms with Crippen LogP contribution < -0.4 is 5.32 Å². The molecule has 108 valence electrons. The molecule has 0 unspecified atom stereocenters. The minimum atomic E-state index is 0.226. The molecule has 21 heavy (non-hydrogen) atoms. The van der Waals surface area contributed by atoms with Gasteiger partial charge in [-0.25, -0.2) is 0 Å². The first-order valence-electron chi connectivity index (χ1n) is 7.20. The minimum Gasteiger partial charge on any atom is -0.508 e. The number of phenols is 1. The van der Waals surface area contributed by atoms with Crippen molar-refractivity contribution < 1.29 is 5.11 Å². The maximum absolute atomic E-state index is 10.5. The van der Waals surface area contributed by atoms with Gasteiger partial charge in [-0.05, 0) is 48.3 Å². The van der Waals surface area contributed by atoms with Crippen LogP contribution in [0, 0.1) is 0 Å². The van der Waals surface area contributed by atoms with Crippen LogP contribution in [0.1, 0.15) is 22.8 Å². The van der Waals surface area contributed by atoms with Gasteiger partial charge in [0.25, 0.3) is 0 Å². The number of benzene rings is 2. The Morgan fingerprint density at radius 2 is 1.95 bits per heavy atom. The summed E-state index contributed by atoms with van der Waals surface area (Å²) in [6.07, 6.45) is 0.971. The molecular weight excluding hydrogens is 278 g/mol. The van der Waals surface area contributed by atoms with Crippen molar-refractivity contribution in [1.82, 2.24) is 5.32 Å². The highest BCUT2D eigenvalue weighted by atomic mass is 32.1. The van der Waals surface area contributed by atoms with Crippen LogP contribution in [0.2, 0.25) is 0 Å². The number of thiophene rings is 1. The number of hydrogen-bond acceptors (Lipinski definition) is 3. The largest absolute Gasteiger partial charge is 0.508 e. The van der Waals surface area contributed by atoms with E-state index in [0.717, 1.165) is 23.9 Å². The maximum atomic E-state index is 10.5. The van der Waals surface area contributed by atoms with Crippen LogP contribution in [-0.2, 0) is 0 Å². The van der Waals surface area contributed by atoms with Crippen molar-refractivity contribution in [2.75, 3.05) is 13.6 Å². The zero-order valence-corrected chi connectivity index (χ0v) is 12.9. The summed E-state index contributed by atoms with van der Waals surface area (Å²) in [5.74, 6) is 0.617. The summed E-state index contributed by atoms with van der Waals surface area (Å²) >= 11 is 1.75. The SMILES string of the molecule is CNCC[C@@H](c1cccs1)c1c(O)ccc2ccccc12. The fourth-order valence-corrected chi connectivity index (χ4v) is 3.73. The molecule has 2 aromatic carbocycles. The van der Waals surface area contributed by atoms with E-state index >= 15 is 0 Å². The molecule has 0 radical (unpaired) electrons. The van der Waals surface area contributed by atoms with E-state index in [2.05, 4.69) is 35.0 Å². The lowest BCUT2D eigenvalue weighted by Gasteiger charge is -2.19. The number of phenolic OH excluding ortho intramolecular Hbond substituents is 1. The summed E-state index contributed by atoms with van der Waals surface area (Å²) in [6.45, 7) is 0.922. The molecule has 3 aromatic rings. The molecular formula is C18H19NOS. The molecule has 0 amide bonds. The van der Waals surface area contributed by atoms with E-state index in [9.17, 15) is 5.11 Å². The number of hydrogen-bond donors (Lipinski definition) is 2. The standard InChI is InChI=1S/C18H19NOS/c1-19-11-10-15(17-7-4-12-21-17)18-14-6-3-2-5-13(14)8-9-16(18)20/h2-9,12,15,19-20H,10-11H2,1H3/t15-/m0/s1. The Labute approximate surface area is 129 Å². The van der Waals surface area contributed by atoms with Gasteiger partial charge >= 0.3 is 0 Å². The Morgan fingerprint density at radius 1 is 1.10 bits per heavy atom. The number of aromatic hydroxyl groups is 1. The molecule has 3 rings (SSSR count). The van der Waals surface area contributed by atoms with Gasteiger partial charge in [0.15, 0.2) is 0 Å². The van der Waals surface area contributed by atoms with E-state index in [1.165, 1.54) is 10.3 Å². The summed E-state index contributed by atoms with van der Waals surface area (Å²) in [5, 5.41) is 18.1. The monoisotopic (exact) mass is 297 g/mol. The fourth-order valence-electron chi connectivity index (χ4n) is 2.86. The predicted octanol–water partition coefficient (Wildman–Crippen LogP) is 4.35. The second-order valence-electron chi connectivity index (χ2n) is 5.18. The lowest BCUT2D eigenvalue weighted by atomic mass is 9.89. The molecule has 1 atom stereocenters. The molecule has 0 bridgehead atoms. The quantitative estimate of drug-likeness (QED) is 0.734. The zero-order chi connectivity index (χ0) is 14.7. The van der Waals surface area contributed by atoms with Gasteiger partial charge in [-0.3, -0.25) is 0 Å². The Balaban J connectivity index is 2.16. The van der Waals surface area contributed by atoms with Gasteiger partial charge < -0.3 is 10.4 Å². The van der Waals surface area contributed by atoms with Crippen LogP contribution in [0.3, 0.4) is 0 Å². The van der Waals surface area contributed by atoms with Crippen LogP contribution in [0.4, 0.5) is 0 Å². The maximum Gasteiger partial charge on any atom is 0.120 e. The van der Waals surface area contributed by atoms with Gasteiger partial charge in [-0.15, -0.1) is 11.3 Å². The molecule has 0 aliphatic rings. The molecule has 0 spiro atoms. The Kier molecular flexibility index (Phi) is 4.23. The van der Waals surface area contributed by atoms with Gasteiger partial charge in [0.05, 0.1) is 0 Å². The van der Waals surface area contributed by atoms with Gasteiger partial charge in [0.1, 0.15) is 5.75 Å². The summed E-state index contributed by atoms with van der Waals surface area (Å²) < 4.78 is 0. The van der Waals surface area contributed by atoms with Crippen molar-refractivity contribution in [1.29, 1.82) is 0 Å². The first-order chi connectivity index (χ1) is 10.3. The third-order valence-electron chi connectivity index (χ3n) is 3.87. The van der Waals surface area contributed by atoms with Gasteiger partial charge in [-0.1, -0.05) is 36.4 Å². The Hall–Kier alpha value is -1.84. The van der Waals surface area contributed by atoms with E-state index in [1.807, 2.05) is 31.3 Å². The highest BCUT2D eigenvalue weighted by Gasteiger charge is 2.20. The van der Waals surface area contributed by atoms with E-state index in [4.69, 9.17) is 0 Å². The van der Waals surface area contributed by atoms with E-state index in [1.54, 1.807) is 11.3 Å². The third kappa shape index (κ3) is 2.80. The molecule has 0 saturated carbocycles. The summed E-state index contributed by atoms with van der Waals surface area (Å²) in [5.41, 5.74) is 1.05. The van der Waals surface area contributed by atoms with Crippen LogP contribution in [0.15, 0.2) is 53.9 Å². The molecule has 0 saturated heterocycles. The molecule has 2 nitrogen and oxygen atoms in total. The predicted molar refractivity (Wildman–Crippen MR) is 90.3 cm³/mol. The number of nitrogens with one attached hydrogen (secondary N) is 1. The summed E-state index contributed by atoms with van der Waals surface area (Å²) in [4.78, 5) is 1.30. The molecule has 0 aliphatic carbocycles. The number of fused-ring (bicyclic) bond motifs is 1. The zero-order valence-electron chi connectivity index (χ0n) is 12.0. The summed E-state index contributed by atoms with van der Waals surface area (Å²) in [6, 6.07) is 16.3. The smallest absolute Gasteiger partial charge is 0.120 e. The fraction of sp³-hybridized carbons (Fsp3) is 0.222. The van der Waals surface area contributed by atoms with Gasteiger partial charge in [-0.2, -0.15) is 0 Å². The molecule has 3 heteroatoms. The van der Waals surface area contributed by atoms with Crippen LogP contribution >= 0.6 is 11.3 Å². The second-order valence-corrected chi connectivity index (χ2v) is 6.16. The van der Waals surface area contributed by atoms with Crippen LogP contribution in [0.5, 0.6) is 5.75 Å². The highest BCUT2D eigenvalue weighted by Crippen LogP contribution is 2.40. The average Bonchev–Trinajstić information content (AvgIpc) is 3.03. The van der Waals surface area contributed by atoms with Crippen LogP contribution in [-0.4, -0.2) is 18.7 Å². The molecule has 1 heterocycles. The first kappa shape index (κ1) is 14.1. The van der Waals surface area contributed by atoms with Crippen molar-refractivity contribution in [3.63, 3.8) is 0 Å². The van der Waals surface area contributed by atoms with Crippen molar-refractivity contribution in [3.8, 4) is 5.75 Å². The average molecular weight is 297 g/mol. The van der Waals surface area contributed by atoms with E-state index in [0.29, 0.717) is 5.75 Å². The van der Waals surface area contributed by atoms with Crippen molar-refractivity contribution in [2.24, 2.45) is 0 Å². The normalized spacial score (nSPS) is 12.6. The first-order valence-corrected chi connectivity index (χ1v) is 8.08. The van der Waals surface area contributed by atoms with Crippen molar-refractivity contribution in [2.45, 2.75) is 12.3 Å². The molecule has 1 aromatic heterocycles. The number of rotatable bonds is 5. The molecule has 0 fully saturated rings. The molecule has 0 aliphatic heterocycles. The van der Waals surface area contributed by atoms with Crippen molar-refractivity contribution >= 4 is 22.1 Å². The van der Waals surface area contributed by atoms with Crippen molar-refractivity contribution in [3.05, 3.63) is 64.4 Å². The minimum absolute atomic E-state index is 0.226. The molecule has 2 N–H and O–H groups in total. The van der Waals surface area contributed by atoms with E-state index < -0.39 is 0 Å². The third-order valence-corrected chi connectivity index (χ3v) is 4.85. The topological polar surface area (TPSA) is 32.3 Å². The second kappa shape index (κ2) is 6.29.